The van der Waals surface area contributed by atoms with Crippen LogP contribution in [-0.2, 0) is 28.6 Å². The molecular weight excluding hydrogens is 853 g/mol. The second-order valence-electron chi connectivity index (χ2n) is 22.4. The molecule has 0 aliphatic heterocycles. The van der Waals surface area contributed by atoms with Gasteiger partial charge in [-0.25, -0.2) is 0 Å². The third kappa shape index (κ3) is 55.6. The van der Waals surface area contributed by atoms with Crippen molar-refractivity contribution in [3.05, 3.63) is 0 Å². The van der Waals surface area contributed by atoms with Gasteiger partial charge in [-0.05, 0) is 31.1 Å². The smallest absolute Gasteiger partial charge is 0.306 e. The van der Waals surface area contributed by atoms with Gasteiger partial charge in [0.05, 0.1) is 0 Å². The Morgan fingerprint density at radius 3 is 0.826 bits per heavy atom. The largest absolute Gasteiger partial charge is 0.462 e. The summed E-state index contributed by atoms with van der Waals surface area (Å²) in [6.07, 6.45) is 60.9. The number of hydrogen-bond acceptors (Lipinski definition) is 6. The van der Waals surface area contributed by atoms with Crippen LogP contribution in [0.4, 0.5) is 0 Å². The van der Waals surface area contributed by atoms with Crippen molar-refractivity contribution < 1.29 is 28.6 Å². The molecule has 6 nitrogen and oxygen atoms in total. The Hall–Kier alpha value is -1.59. The van der Waals surface area contributed by atoms with Gasteiger partial charge < -0.3 is 14.2 Å². The summed E-state index contributed by atoms with van der Waals surface area (Å²) in [5, 5.41) is 0. The Bertz CT molecular complexity index is 1060. The summed E-state index contributed by atoms with van der Waals surface area (Å²) in [4.78, 5) is 38.2. The van der Waals surface area contributed by atoms with Crippen molar-refractivity contribution in [3.8, 4) is 0 Å². The fourth-order valence-electron chi connectivity index (χ4n) is 9.73. The van der Waals surface area contributed by atoms with Crippen LogP contribution in [-0.4, -0.2) is 37.2 Å². The first-order valence-electron chi connectivity index (χ1n) is 31.3. The maximum atomic E-state index is 12.9. The molecule has 0 fully saturated rings. The molecule has 1 unspecified atom stereocenters. The molecule has 0 saturated carbocycles. The highest BCUT2D eigenvalue weighted by Crippen LogP contribution is 2.19. The highest BCUT2D eigenvalue weighted by molar-refractivity contribution is 5.71. The lowest BCUT2D eigenvalue weighted by Gasteiger charge is -2.18. The number of unbranched alkanes of at least 4 members (excludes halogenated alkanes) is 41. The highest BCUT2D eigenvalue weighted by atomic mass is 16.6. The van der Waals surface area contributed by atoms with E-state index in [2.05, 4.69) is 34.6 Å². The lowest BCUT2D eigenvalue weighted by molar-refractivity contribution is -0.167. The molecule has 0 spiro atoms. The lowest BCUT2D eigenvalue weighted by atomic mass is 9.99. The van der Waals surface area contributed by atoms with Crippen molar-refractivity contribution in [3.63, 3.8) is 0 Å². The quantitative estimate of drug-likeness (QED) is 0.0343. The first-order valence-corrected chi connectivity index (χ1v) is 31.3. The third-order valence-electron chi connectivity index (χ3n) is 14.8. The Kier molecular flexibility index (Phi) is 54.4. The molecule has 0 amide bonds. The van der Waals surface area contributed by atoms with Crippen molar-refractivity contribution in [2.75, 3.05) is 13.2 Å². The van der Waals surface area contributed by atoms with E-state index in [4.69, 9.17) is 14.2 Å². The molecule has 0 heterocycles. The number of carbonyl (C=O) groups excluding carboxylic acids is 3. The van der Waals surface area contributed by atoms with Crippen LogP contribution >= 0.6 is 0 Å². The van der Waals surface area contributed by atoms with E-state index < -0.39 is 6.10 Å². The van der Waals surface area contributed by atoms with Crippen LogP contribution in [0.15, 0.2) is 0 Å². The molecule has 2 atom stereocenters. The van der Waals surface area contributed by atoms with Gasteiger partial charge in [-0.2, -0.15) is 0 Å². The molecule has 0 rings (SSSR count). The first kappa shape index (κ1) is 67.4. The summed E-state index contributed by atoms with van der Waals surface area (Å²) in [6.45, 7) is 11.5. The molecule has 0 N–H and O–H groups in total. The maximum Gasteiger partial charge on any atom is 0.306 e. The Morgan fingerprint density at radius 1 is 0.304 bits per heavy atom. The predicted octanol–water partition coefficient (Wildman–Crippen LogP) is 20.8. The first-order chi connectivity index (χ1) is 33.8. The van der Waals surface area contributed by atoms with E-state index in [9.17, 15) is 14.4 Å². The van der Waals surface area contributed by atoms with Crippen LogP contribution in [0.1, 0.15) is 356 Å². The lowest BCUT2D eigenvalue weighted by Crippen LogP contribution is -2.30. The van der Waals surface area contributed by atoms with Crippen LogP contribution < -0.4 is 0 Å². The number of ether oxygens (including phenoxy) is 3. The normalized spacial score (nSPS) is 12.4. The van der Waals surface area contributed by atoms with E-state index in [1.165, 1.54) is 244 Å². The van der Waals surface area contributed by atoms with Crippen LogP contribution in [0.5, 0.6) is 0 Å². The van der Waals surface area contributed by atoms with Gasteiger partial charge in [0.25, 0.3) is 0 Å². The minimum absolute atomic E-state index is 0.0620. The zero-order valence-corrected chi connectivity index (χ0v) is 47.5. The topological polar surface area (TPSA) is 78.9 Å². The van der Waals surface area contributed by atoms with Gasteiger partial charge in [0, 0.05) is 19.3 Å². The van der Waals surface area contributed by atoms with E-state index in [1.54, 1.807) is 0 Å². The zero-order valence-electron chi connectivity index (χ0n) is 47.5. The molecule has 0 aromatic heterocycles. The van der Waals surface area contributed by atoms with Crippen molar-refractivity contribution in [1.82, 2.24) is 0 Å². The summed E-state index contributed by atoms with van der Waals surface area (Å²) in [5.74, 6) is 0.915. The van der Waals surface area contributed by atoms with Crippen molar-refractivity contribution in [2.45, 2.75) is 362 Å². The number of esters is 3. The van der Waals surface area contributed by atoms with Gasteiger partial charge in [0.2, 0.25) is 0 Å². The second kappa shape index (κ2) is 55.7. The SMILES string of the molecule is CCCCCCCCCCCCCCCC(=O)OC[C@@H](COC(=O)CCCCCCCCCCCCCCCCCCCCC(C)CC)OC(=O)CCCCCCCCCCCCCCCC(C)C. The number of rotatable bonds is 57. The number of hydrogen-bond donors (Lipinski definition) is 0. The van der Waals surface area contributed by atoms with Crippen LogP contribution in [0, 0.1) is 11.8 Å². The van der Waals surface area contributed by atoms with Crippen LogP contribution in [0.2, 0.25) is 0 Å². The predicted molar refractivity (Wildman–Crippen MR) is 298 cm³/mol. The molecule has 410 valence electrons. The standard InChI is InChI=1S/C63H122O6/c1-6-8-9-10-11-12-13-21-28-33-38-43-48-53-61(64)67-56-60(69-63(66)55-50-45-40-35-30-25-20-22-26-31-36-41-46-51-58(3)4)57-68-62(65)54-49-44-39-34-29-24-19-17-15-14-16-18-23-27-32-37-42-47-52-59(5)7-2/h58-60H,6-57H2,1-5H3/t59?,60-/m0/s1. The average Bonchev–Trinajstić information content (AvgIpc) is 3.34. The fraction of sp³-hybridized carbons (Fsp3) is 0.952. The van der Waals surface area contributed by atoms with Crippen molar-refractivity contribution >= 4 is 17.9 Å². The minimum Gasteiger partial charge on any atom is -0.462 e. The molecule has 6 heteroatoms. The fourth-order valence-corrected chi connectivity index (χ4v) is 9.73. The Labute approximate surface area is 431 Å². The maximum absolute atomic E-state index is 12.9. The van der Waals surface area contributed by atoms with Gasteiger partial charge in [-0.1, -0.05) is 317 Å². The van der Waals surface area contributed by atoms with Gasteiger partial charge in [0.15, 0.2) is 6.10 Å². The van der Waals surface area contributed by atoms with Crippen molar-refractivity contribution in [2.24, 2.45) is 11.8 Å². The van der Waals surface area contributed by atoms with E-state index in [-0.39, 0.29) is 31.1 Å². The summed E-state index contributed by atoms with van der Waals surface area (Å²) >= 11 is 0. The summed E-state index contributed by atoms with van der Waals surface area (Å²) < 4.78 is 16.9. The molecule has 0 radical (unpaired) electrons. The monoisotopic (exact) mass is 975 g/mol. The van der Waals surface area contributed by atoms with E-state index in [0.717, 1.165) is 69.6 Å². The van der Waals surface area contributed by atoms with E-state index >= 15 is 0 Å². The van der Waals surface area contributed by atoms with Crippen LogP contribution in [0.25, 0.3) is 0 Å². The van der Waals surface area contributed by atoms with Crippen LogP contribution in [0.3, 0.4) is 0 Å². The molecular formula is C63H122O6. The van der Waals surface area contributed by atoms with Gasteiger partial charge in [0.1, 0.15) is 13.2 Å². The number of carbonyl (C=O) groups is 3. The molecule has 0 aliphatic carbocycles. The summed E-state index contributed by atoms with van der Waals surface area (Å²) in [7, 11) is 0. The second-order valence-corrected chi connectivity index (χ2v) is 22.4. The zero-order chi connectivity index (χ0) is 50.4. The van der Waals surface area contributed by atoms with Gasteiger partial charge in [-0.3, -0.25) is 14.4 Å². The third-order valence-corrected chi connectivity index (χ3v) is 14.8. The highest BCUT2D eigenvalue weighted by Gasteiger charge is 2.19. The van der Waals surface area contributed by atoms with Gasteiger partial charge in [-0.15, -0.1) is 0 Å². The Morgan fingerprint density at radius 2 is 0.551 bits per heavy atom. The van der Waals surface area contributed by atoms with Gasteiger partial charge >= 0.3 is 17.9 Å². The average molecular weight is 976 g/mol. The summed E-state index contributed by atoms with van der Waals surface area (Å²) in [6, 6.07) is 0. The van der Waals surface area contributed by atoms with E-state index in [1.807, 2.05) is 0 Å². The molecule has 0 aromatic carbocycles. The minimum atomic E-state index is -0.763. The molecule has 0 aliphatic rings. The molecule has 69 heavy (non-hydrogen) atoms. The molecule has 0 bridgehead atoms. The summed E-state index contributed by atoms with van der Waals surface area (Å²) in [5.41, 5.74) is 0. The Balaban J connectivity index is 4.24. The van der Waals surface area contributed by atoms with E-state index in [0.29, 0.717) is 19.3 Å². The molecule has 0 saturated heterocycles. The molecule has 0 aromatic rings. The van der Waals surface area contributed by atoms with Crippen molar-refractivity contribution in [1.29, 1.82) is 0 Å².